The lowest BCUT2D eigenvalue weighted by Gasteiger charge is -2.28. The highest BCUT2D eigenvalue weighted by molar-refractivity contribution is 5.87. The number of hydrogen-bond acceptors (Lipinski definition) is 5. The standard InChI is InChI=1S/C22H26N2O4.ClH/c25-21(27-16-19-7-3-1-4-8-19)24(15-18-11-13-23-14-12-18)22(26)28-17-20-9-5-2-6-10-20;/h1-10,18,23H,11-17H2;1H. The number of carbonyl (C=O) groups excluding carboxylic acids is 2. The van der Waals surface area contributed by atoms with Crippen LogP contribution in [0, 0.1) is 5.92 Å². The quantitative estimate of drug-likeness (QED) is 0.753. The molecule has 1 fully saturated rings. The second-order valence-corrected chi connectivity index (χ2v) is 6.88. The lowest BCUT2D eigenvalue weighted by atomic mass is 9.98. The Morgan fingerprint density at radius 3 is 1.72 bits per heavy atom. The van der Waals surface area contributed by atoms with E-state index < -0.39 is 12.2 Å². The fourth-order valence-corrected chi connectivity index (χ4v) is 3.14. The Balaban J connectivity index is 0.00000300. The molecule has 0 atom stereocenters. The molecule has 2 aromatic carbocycles. The average Bonchev–Trinajstić information content (AvgIpc) is 2.76. The van der Waals surface area contributed by atoms with Gasteiger partial charge in [0.25, 0.3) is 0 Å². The highest BCUT2D eigenvalue weighted by Gasteiger charge is 2.28. The van der Waals surface area contributed by atoms with E-state index in [9.17, 15) is 9.59 Å². The van der Waals surface area contributed by atoms with Gasteiger partial charge in [-0.1, -0.05) is 60.7 Å². The number of ether oxygens (including phenoxy) is 2. The Morgan fingerprint density at radius 2 is 1.28 bits per heavy atom. The predicted molar refractivity (Wildman–Crippen MR) is 113 cm³/mol. The van der Waals surface area contributed by atoms with Crippen molar-refractivity contribution in [2.75, 3.05) is 19.6 Å². The molecule has 0 bridgehead atoms. The third-order valence-electron chi connectivity index (χ3n) is 4.75. The first-order chi connectivity index (χ1) is 13.7. The van der Waals surface area contributed by atoms with Crippen LogP contribution in [0.5, 0.6) is 0 Å². The van der Waals surface area contributed by atoms with Crippen LogP contribution >= 0.6 is 12.4 Å². The summed E-state index contributed by atoms with van der Waals surface area (Å²) in [5, 5.41) is 3.29. The molecule has 0 unspecified atom stereocenters. The molecule has 0 aliphatic carbocycles. The molecule has 29 heavy (non-hydrogen) atoms. The van der Waals surface area contributed by atoms with Gasteiger partial charge >= 0.3 is 12.2 Å². The van der Waals surface area contributed by atoms with Gasteiger partial charge in [-0.25, -0.2) is 14.5 Å². The van der Waals surface area contributed by atoms with Crippen LogP contribution in [0.1, 0.15) is 24.0 Å². The molecule has 6 nitrogen and oxygen atoms in total. The third kappa shape index (κ3) is 7.40. The molecule has 156 valence electrons. The second-order valence-electron chi connectivity index (χ2n) is 6.88. The molecule has 1 N–H and O–H groups in total. The number of benzene rings is 2. The largest absolute Gasteiger partial charge is 0.444 e. The van der Waals surface area contributed by atoms with Gasteiger partial charge in [0.15, 0.2) is 0 Å². The Hall–Kier alpha value is -2.57. The molecule has 1 heterocycles. The van der Waals surface area contributed by atoms with Crippen molar-refractivity contribution in [1.29, 1.82) is 0 Å². The van der Waals surface area contributed by atoms with Crippen molar-refractivity contribution in [3.63, 3.8) is 0 Å². The van der Waals surface area contributed by atoms with E-state index in [4.69, 9.17) is 9.47 Å². The maximum Gasteiger partial charge on any atom is 0.419 e. The number of carbonyl (C=O) groups is 2. The highest BCUT2D eigenvalue weighted by Crippen LogP contribution is 2.16. The van der Waals surface area contributed by atoms with E-state index in [0.29, 0.717) is 6.54 Å². The molecule has 0 saturated carbocycles. The van der Waals surface area contributed by atoms with Gasteiger partial charge < -0.3 is 14.8 Å². The van der Waals surface area contributed by atoms with E-state index >= 15 is 0 Å². The number of hydrogen-bond donors (Lipinski definition) is 1. The molecular weight excluding hydrogens is 392 g/mol. The van der Waals surface area contributed by atoms with Crippen LogP contribution in [-0.2, 0) is 22.7 Å². The van der Waals surface area contributed by atoms with Crippen molar-refractivity contribution >= 4 is 24.6 Å². The van der Waals surface area contributed by atoms with Gasteiger partial charge in [-0.05, 0) is 43.0 Å². The van der Waals surface area contributed by atoms with E-state index in [1.54, 1.807) is 0 Å². The summed E-state index contributed by atoms with van der Waals surface area (Å²) in [5.74, 6) is 0.245. The number of amides is 2. The lowest BCUT2D eigenvalue weighted by molar-refractivity contribution is 0.0630. The van der Waals surface area contributed by atoms with Gasteiger partial charge in [0, 0.05) is 6.54 Å². The van der Waals surface area contributed by atoms with Crippen molar-refractivity contribution in [2.45, 2.75) is 26.1 Å². The molecule has 0 aromatic heterocycles. The smallest absolute Gasteiger partial charge is 0.419 e. The van der Waals surface area contributed by atoms with Gasteiger partial charge in [-0.3, -0.25) is 0 Å². The summed E-state index contributed by atoms with van der Waals surface area (Å²) >= 11 is 0. The molecule has 1 saturated heterocycles. The van der Waals surface area contributed by atoms with Crippen LogP contribution in [0.4, 0.5) is 9.59 Å². The Labute approximate surface area is 177 Å². The van der Waals surface area contributed by atoms with E-state index in [1.807, 2.05) is 60.7 Å². The van der Waals surface area contributed by atoms with Gasteiger partial charge in [-0.15, -0.1) is 12.4 Å². The summed E-state index contributed by atoms with van der Waals surface area (Å²) in [6.45, 7) is 2.32. The fraction of sp³-hybridized carbons (Fsp3) is 0.364. The number of rotatable bonds is 6. The molecule has 1 aliphatic rings. The van der Waals surface area contributed by atoms with E-state index in [0.717, 1.165) is 42.0 Å². The third-order valence-corrected chi connectivity index (χ3v) is 4.75. The minimum Gasteiger partial charge on any atom is -0.444 e. The zero-order valence-corrected chi connectivity index (χ0v) is 17.1. The molecule has 0 spiro atoms. The van der Waals surface area contributed by atoms with Crippen LogP contribution in [0.3, 0.4) is 0 Å². The molecule has 2 aromatic rings. The van der Waals surface area contributed by atoms with Crippen molar-refractivity contribution in [3.8, 4) is 0 Å². The minimum atomic E-state index is -0.666. The summed E-state index contributed by atoms with van der Waals surface area (Å²) in [6, 6.07) is 18.8. The normalized spacial score (nSPS) is 13.8. The molecule has 0 radical (unpaired) electrons. The highest BCUT2D eigenvalue weighted by atomic mass is 35.5. The van der Waals surface area contributed by atoms with Crippen LogP contribution in [-0.4, -0.2) is 36.7 Å². The molecule has 3 rings (SSSR count). The predicted octanol–water partition coefficient (Wildman–Crippen LogP) is 4.38. The Kier molecular flexibility index (Phi) is 9.47. The lowest BCUT2D eigenvalue weighted by Crippen LogP contribution is -2.43. The first-order valence-corrected chi connectivity index (χ1v) is 9.62. The van der Waals surface area contributed by atoms with E-state index in [-0.39, 0.29) is 31.5 Å². The maximum atomic E-state index is 12.6. The average molecular weight is 419 g/mol. The summed E-state index contributed by atoms with van der Waals surface area (Å²) in [7, 11) is 0. The monoisotopic (exact) mass is 418 g/mol. The number of imide groups is 1. The van der Waals surface area contributed by atoms with Crippen molar-refractivity contribution in [1.82, 2.24) is 10.2 Å². The number of nitrogens with zero attached hydrogens (tertiary/aromatic N) is 1. The van der Waals surface area contributed by atoms with Gasteiger partial charge in [0.2, 0.25) is 0 Å². The topological polar surface area (TPSA) is 67.9 Å². The number of nitrogens with one attached hydrogen (secondary N) is 1. The van der Waals surface area contributed by atoms with Crippen molar-refractivity contribution < 1.29 is 19.1 Å². The summed E-state index contributed by atoms with van der Waals surface area (Å²) in [4.78, 5) is 26.4. The number of halogens is 1. The SMILES string of the molecule is Cl.O=C(OCc1ccccc1)N(CC1CCNCC1)C(=O)OCc1ccccc1. The van der Waals surface area contributed by atoms with E-state index in [2.05, 4.69) is 5.32 Å². The summed E-state index contributed by atoms with van der Waals surface area (Å²) in [6.07, 6.45) is 0.490. The zero-order valence-electron chi connectivity index (χ0n) is 16.3. The van der Waals surface area contributed by atoms with Crippen molar-refractivity contribution in [2.24, 2.45) is 5.92 Å². The van der Waals surface area contributed by atoms with Gasteiger partial charge in [0.05, 0.1) is 0 Å². The summed E-state index contributed by atoms with van der Waals surface area (Å²) in [5.41, 5.74) is 1.74. The zero-order chi connectivity index (χ0) is 19.6. The molecule has 2 amide bonds. The number of piperidine rings is 1. The first-order valence-electron chi connectivity index (χ1n) is 9.62. The van der Waals surface area contributed by atoms with Crippen LogP contribution in [0.15, 0.2) is 60.7 Å². The fourth-order valence-electron chi connectivity index (χ4n) is 3.14. The van der Waals surface area contributed by atoms with Crippen LogP contribution in [0.2, 0.25) is 0 Å². The van der Waals surface area contributed by atoms with Crippen LogP contribution < -0.4 is 5.32 Å². The maximum absolute atomic E-state index is 12.6. The van der Waals surface area contributed by atoms with Crippen molar-refractivity contribution in [3.05, 3.63) is 71.8 Å². The second kappa shape index (κ2) is 12.1. The Morgan fingerprint density at radius 1 is 0.828 bits per heavy atom. The molecule has 7 heteroatoms. The van der Waals surface area contributed by atoms with Gasteiger partial charge in [-0.2, -0.15) is 0 Å². The first kappa shape index (κ1) is 22.7. The summed E-state index contributed by atoms with van der Waals surface area (Å²) < 4.78 is 10.8. The van der Waals surface area contributed by atoms with Gasteiger partial charge in [0.1, 0.15) is 13.2 Å². The molecular formula is C22H27ClN2O4. The van der Waals surface area contributed by atoms with E-state index in [1.165, 1.54) is 0 Å². The van der Waals surface area contributed by atoms with Crippen LogP contribution in [0.25, 0.3) is 0 Å². The minimum absolute atomic E-state index is 0. The Bertz CT molecular complexity index is 696. The molecule has 1 aliphatic heterocycles.